The van der Waals surface area contributed by atoms with Crippen LogP contribution in [0.25, 0.3) is 0 Å². The van der Waals surface area contributed by atoms with Gasteiger partial charge < -0.3 is 15.3 Å². The molecule has 0 aromatic carbocycles. The molecule has 0 radical (unpaired) electrons. The predicted octanol–water partition coefficient (Wildman–Crippen LogP) is 1.38. The van der Waals surface area contributed by atoms with Gasteiger partial charge in [-0.1, -0.05) is 0 Å². The van der Waals surface area contributed by atoms with Crippen molar-refractivity contribution in [1.82, 2.24) is 0 Å². The van der Waals surface area contributed by atoms with E-state index < -0.39 is 29.5 Å². The molecule has 0 amide bonds. The molecule has 7 heteroatoms. The molecule has 14 heavy (non-hydrogen) atoms. The number of aliphatic carboxylic acids is 1. The minimum atomic E-state index is -4.56. The van der Waals surface area contributed by atoms with Gasteiger partial charge in [-0.05, 0) is 6.07 Å². The average Bonchev–Trinajstić information content (AvgIpc) is 2.49. The van der Waals surface area contributed by atoms with E-state index in [2.05, 4.69) is 4.42 Å². The van der Waals surface area contributed by atoms with Crippen molar-refractivity contribution in [1.29, 1.82) is 0 Å². The number of nitrogens with two attached hydrogens (primary N) is 1. The summed E-state index contributed by atoms with van der Waals surface area (Å²) in [5.41, 5.74) is 3.98. The number of alkyl halides is 3. The second-order valence-electron chi connectivity index (χ2n) is 2.55. The number of carbonyl (C=O) groups is 1. The van der Waals surface area contributed by atoms with Crippen molar-refractivity contribution < 1.29 is 27.5 Å². The molecule has 1 rings (SSSR count). The van der Waals surface area contributed by atoms with Gasteiger partial charge in [0.15, 0.2) is 6.04 Å². The number of carboxylic acids is 1. The number of rotatable bonds is 2. The Morgan fingerprint density at radius 1 is 1.57 bits per heavy atom. The summed E-state index contributed by atoms with van der Waals surface area (Å²) in [6.45, 7) is 0. The molecule has 0 saturated carbocycles. The van der Waals surface area contributed by atoms with Crippen LogP contribution in [0.15, 0.2) is 16.7 Å². The third-order valence-electron chi connectivity index (χ3n) is 1.52. The molecule has 0 bridgehead atoms. The zero-order valence-electron chi connectivity index (χ0n) is 6.71. The SMILES string of the molecule is NC(C(=O)O)c1cc(C(F)(F)F)co1. The fraction of sp³-hybridized carbons (Fsp3) is 0.286. The van der Waals surface area contributed by atoms with Crippen LogP contribution in [0.2, 0.25) is 0 Å². The van der Waals surface area contributed by atoms with E-state index in [9.17, 15) is 18.0 Å². The number of halogens is 3. The molecule has 0 saturated heterocycles. The Morgan fingerprint density at radius 3 is 2.50 bits per heavy atom. The second kappa shape index (κ2) is 3.33. The lowest BCUT2D eigenvalue weighted by Crippen LogP contribution is -2.19. The molecule has 0 aliphatic rings. The predicted molar refractivity (Wildman–Crippen MR) is 38.3 cm³/mol. The molecule has 1 unspecified atom stereocenters. The maximum Gasteiger partial charge on any atom is 0.419 e. The van der Waals surface area contributed by atoms with Gasteiger partial charge in [0.2, 0.25) is 0 Å². The fourth-order valence-electron chi connectivity index (χ4n) is 0.786. The van der Waals surface area contributed by atoms with Crippen LogP contribution >= 0.6 is 0 Å². The topological polar surface area (TPSA) is 76.5 Å². The monoisotopic (exact) mass is 209 g/mol. The van der Waals surface area contributed by atoms with Crippen LogP contribution in [0.3, 0.4) is 0 Å². The maximum atomic E-state index is 12.0. The highest BCUT2D eigenvalue weighted by atomic mass is 19.4. The highest BCUT2D eigenvalue weighted by Gasteiger charge is 2.34. The number of hydrogen-bond acceptors (Lipinski definition) is 3. The van der Waals surface area contributed by atoms with Crippen molar-refractivity contribution in [2.45, 2.75) is 12.2 Å². The molecule has 1 aromatic heterocycles. The van der Waals surface area contributed by atoms with Crippen molar-refractivity contribution in [2.75, 3.05) is 0 Å². The van der Waals surface area contributed by atoms with Crippen LogP contribution in [0.4, 0.5) is 13.2 Å². The molecule has 1 heterocycles. The van der Waals surface area contributed by atoms with Crippen molar-refractivity contribution in [3.05, 3.63) is 23.7 Å². The summed E-state index contributed by atoms with van der Waals surface area (Å²) >= 11 is 0. The number of carboxylic acid groups (broad SMARTS) is 1. The third-order valence-corrected chi connectivity index (χ3v) is 1.52. The van der Waals surface area contributed by atoms with E-state index in [1.54, 1.807) is 0 Å². The molecular formula is C7H6F3NO3. The van der Waals surface area contributed by atoms with E-state index in [1.165, 1.54) is 0 Å². The minimum absolute atomic E-state index is 0.426. The van der Waals surface area contributed by atoms with Crippen molar-refractivity contribution in [3.63, 3.8) is 0 Å². The Bertz CT molecular complexity index is 344. The van der Waals surface area contributed by atoms with Gasteiger partial charge in [0.05, 0.1) is 5.56 Å². The van der Waals surface area contributed by atoms with Gasteiger partial charge in [-0.25, -0.2) is 0 Å². The lowest BCUT2D eigenvalue weighted by Gasteiger charge is -2.01. The number of furan rings is 1. The molecule has 0 spiro atoms. The maximum absolute atomic E-state index is 12.0. The van der Waals surface area contributed by atoms with Crippen LogP contribution in [-0.4, -0.2) is 11.1 Å². The Hall–Kier alpha value is -1.50. The van der Waals surface area contributed by atoms with Crippen LogP contribution in [-0.2, 0) is 11.0 Å². The summed E-state index contributed by atoms with van der Waals surface area (Å²) < 4.78 is 40.4. The molecular weight excluding hydrogens is 203 g/mol. The zero-order valence-corrected chi connectivity index (χ0v) is 6.71. The van der Waals surface area contributed by atoms with Gasteiger partial charge in [0, 0.05) is 0 Å². The van der Waals surface area contributed by atoms with Crippen LogP contribution in [0.1, 0.15) is 17.4 Å². The first-order valence-corrected chi connectivity index (χ1v) is 3.46. The van der Waals surface area contributed by atoms with Crippen LogP contribution < -0.4 is 5.73 Å². The first kappa shape index (κ1) is 10.6. The Morgan fingerprint density at radius 2 is 2.14 bits per heavy atom. The summed E-state index contributed by atoms with van der Waals surface area (Å²) in [5.74, 6) is -1.88. The summed E-state index contributed by atoms with van der Waals surface area (Å²) in [6.07, 6.45) is -4.13. The molecule has 1 aromatic rings. The third kappa shape index (κ3) is 2.05. The second-order valence-corrected chi connectivity index (χ2v) is 2.55. The van der Waals surface area contributed by atoms with Gasteiger partial charge in [-0.3, -0.25) is 4.79 Å². The van der Waals surface area contributed by atoms with Crippen molar-refractivity contribution in [3.8, 4) is 0 Å². The highest BCUT2D eigenvalue weighted by Crippen LogP contribution is 2.31. The van der Waals surface area contributed by atoms with Crippen LogP contribution in [0, 0.1) is 0 Å². The molecule has 1 atom stereocenters. The lowest BCUT2D eigenvalue weighted by atomic mass is 10.2. The molecule has 78 valence electrons. The van der Waals surface area contributed by atoms with Crippen molar-refractivity contribution in [2.24, 2.45) is 5.73 Å². The van der Waals surface area contributed by atoms with E-state index in [0.717, 1.165) is 0 Å². The van der Waals surface area contributed by atoms with E-state index in [4.69, 9.17) is 10.8 Å². The fourth-order valence-corrected chi connectivity index (χ4v) is 0.786. The quantitative estimate of drug-likeness (QED) is 0.771. The first-order valence-electron chi connectivity index (χ1n) is 3.46. The Labute approximate surface area is 76.1 Å². The van der Waals surface area contributed by atoms with E-state index in [1.807, 2.05) is 0 Å². The first-order chi connectivity index (χ1) is 6.32. The van der Waals surface area contributed by atoms with Gasteiger partial charge >= 0.3 is 12.1 Å². The van der Waals surface area contributed by atoms with E-state index in [0.29, 0.717) is 12.3 Å². The van der Waals surface area contributed by atoms with Gasteiger partial charge in [0.25, 0.3) is 0 Å². The van der Waals surface area contributed by atoms with Crippen LogP contribution in [0.5, 0.6) is 0 Å². The Balaban J connectivity index is 2.94. The normalized spacial score (nSPS) is 14.0. The van der Waals surface area contributed by atoms with Gasteiger partial charge in [-0.15, -0.1) is 0 Å². The zero-order chi connectivity index (χ0) is 10.9. The summed E-state index contributed by atoms with van der Waals surface area (Å²) in [6, 6.07) is -1.01. The van der Waals surface area contributed by atoms with E-state index >= 15 is 0 Å². The smallest absolute Gasteiger partial charge is 0.419 e. The van der Waals surface area contributed by atoms with Gasteiger partial charge in [-0.2, -0.15) is 13.2 Å². The largest absolute Gasteiger partial charge is 0.480 e. The molecule has 0 fully saturated rings. The number of hydrogen-bond donors (Lipinski definition) is 2. The molecule has 0 aliphatic carbocycles. The highest BCUT2D eigenvalue weighted by molar-refractivity contribution is 5.74. The lowest BCUT2D eigenvalue weighted by molar-refractivity contribution is -0.139. The van der Waals surface area contributed by atoms with E-state index in [-0.39, 0.29) is 0 Å². The molecule has 0 aliphatic heterocycles. The average molecular weight is 209 g/mol. The minimum Gasteiger partial charge on any atom is -0.480 e. The standard InChI is InChI=1S/C7H6F3NO3/c8-7(9,10)3-1-4(14-2-3)5(11)6(12)13/h1-2,5H,11H2,(H,12,13). The summed E-state index contributed by atoms with van der Waals surface area (Å²) in [7, 11) is 0. The summed E-state index contributed by atoms with van der Waals surface area (Å²) in [4.78, 5) is 10.3. The van der Waals surface area contributed by atoms with Crippen molar-refractivity contribution >= 4 is 5.97 Å². The summed E-state index contributed by atoms with van der Waals surface area (Å²) in [5, 5.41) is 8.38. The molecule has 3 N–H and O–H groups in total. The Kier molecular flexibility index (Phi) is 2.52. The molecule has 4 nitrogen and oxygen atoms in total. The van der Waals surface area contributed by atoms with Gasteiger partial charge in [0.1, 0.15) is 12.0 Å².